The maximum Gasteiger partial charge on any atom is 0.162 e. The van der Waals surface area contributed by atoms with Gasteiger partial charge < -0.3 is 29.3 Å². The van der Waals surface area contributed by atoms with Gasteiger partial charge >= 0.3 is 0 Å². The summed E-state index contributed by atoms with van der Waals surface area (Å²) < 4.78 is 16.8. The summed E-state index contributed by atoms with van der Waals surface area (Å²) in [4.78, 5) is 13.9. The molecule has 0 radical (unpaired) electrons. The second-order valence-electron chi connectivity index (χ2n) is 9.11. The van der Waals surface area contributed by atoms with Gasteiger partial charge in [-0.15, -0.1) is 0 Å². The molecule has 3 aromatic carbocycles. The Morgan fingerprint density at radius 2 is 1.74 bits per heavy atom. The number of aromatic nitrogens is 2. The Balaban J connectivity index is 1.36. The number of rotatable bonds is 8. The van der Waals surface area contributed by atoms with Crippen molar-refractivity contribution in [2.75, 3.05) is 57.7 Å². The number of methoxy groups -OCH3 is 2. The predicted octanol–water partition coefficient (Wildman–Crippen LogP) is 4.59. The minimum atomic E-state index is 0.394. The largest absolute Gasteiger partial charge is 0.497 e. The molecule has 9 nitrogen and oxygen atoms in total. The molecule has 0 saturated carbocycles. The molecule has 0 bridgehead atoms. The second-order valence-corrected chi connectivity index (χ2v) is 9.11. The van der Waals surface area contributed by atoms with E-state index in [4.69, 9.17) is 19.2 Å². The molecule has 38 heavy (non-hydrogen) atoms. The zero-order valence-electron chi connectivity index (χ0n) is 21.8. The smallest absolute Gasteiger partial charge is 0.162 e. The highest BCUT2D eigenvalue weighted by molar-refractivity contribution is 5.89. The van der Waals surface area contributed by atoms with E-state index >= 15 is 0 Å². The van der Waals surface area contributed by atoms with Gasteiger partial charge in [-0.3, -0.25) is 4.98 Å². The van der Waals surface area contributed by atoms with Gasteiger partial charge in [0.05, 0.1) is 31.6 Å². The van der Waals surface area contributed by atoms with Crippen LogP contribution in [0.25, 0.3) is 11.0 Å². The van der Waals surface area contributed by atoms with Crippen LogP contribution in [0.5, 0.6) is 17.2 Å². The summed E-state index contributed by atoms with van der Waals surface area (Å²) in [5.74, 6) is 2.79. The van der Waals surface area contributed by atoms with Crippen molar-refractivity contribution in [3.63, 3.8) is 0 Å². The highest BCUT2D eigenvalue weighted by Gasteiger charge is 2.18. The van der Waals surface area contributed by atoms with Gasteiger partial charge in [0.2, 0.25) is 0 Å². The summed E-state index contributed by atoms with van der Waals surface area (Å²) in [6.07, 6.45) is 1.79. The fourth-order valence-corrected chi connectivity index (χ4v) is 4.38. The molecular weight excluding hydrogens is 480 g/mol. The minimum Gasteiger partial charge on any atom is -0.497 e. The van der Waals surface area contributed by atoms with E-state index in [1.165, 1.54) is 0 Å². The van der Waals surface area contributed by atoms with Crippen LogP contribution in [-0.4, -0.2) is 62.3 Å². The molecule has 0 amide bonds. The monoisotopic (exact) mass is 510 g/mol. The van der Waals surface area contributed by atoms with Crippen molar-refractivity contribution in [2.24, 2.45) is 0 Å². The van der Waals surface area contributed by atoms with Gasteiger partial charge in [-0.2, -0.15) is 5.26 Å². The lowest BCUT2D eigenvalue weighted by atomic mass is 10.1. The van der Waals surface area contributed by atoms with Crippen LogP contribution >= 0.6 is 0 Å². The predicted molar refractivity (Wildman–Crippen MR) is 148 cm³/mol. The first-order valence-electron chi connectivity index (χ1n) is 12.4. The van der Waals surface area contributed by atoms with Crippen molar-refractivity contribution < 1.29 is 14.2 Å². The third kappa shape index (κ3) is 5.41. The molecule has 0 spiro atoms. The Bertz CT molecular complexity index is 1460. The molecule has 1 aliphatic heterocycles. The van der Waals surface area contributed by atoms with E-state index in [9.17, 15) is 5.26 Å². The van der Waals surface area contributed by atoms with Crippen molar-refractivity contribution in [3.8, 4) is 23.3 Å². The lowest BCUT2D eigenvalue weighted by Crippen LogP contribution is -2.44. The molecule has 1 saturated heterocycles. The van der Waals surface area contributed by atoms with Crippen LogP contribution in [-0.2, 0) is 6.61 Å². The van der Waals surface area contributed by atoms with Gasteiger partial charge in [-0.05, 0) is 49.0 Å². The van der Waals surface area contributed by atoms with Crippen LogP contribution in [0.15, 0.2) is 60.8 Å². The zero-order chi connectivity index (χ0) is 26.5. The molecule has 4 aromatic rings. The van der Waals surface area contributed by atoms with Gasteiger partial charge in [0.1, 0.15) is 35.3 Å². The molecule has 1 aromatic heterocycles. The molecule has 0 atom stereocenters. The summed E-state index contributed by atoms with van der Waals surface area (Å²) >= 11 is 0. The fraction of sp³-hybridized carbons (Fsp3) is 0.276. The zero-order valence-corrected chi connectivity index (χ0v) is 21.8. The molecule has 1 aliphatic rings. The van der Waals surface area contributed by atoms with E-state index < -0.39 is 0 Å². The number of fused-ring (bicyclic) bond motifs is 1. The molecule has 0 unspecified atom stereocenters. The highest BCUT2D eigenvalue weighted by atomic mass is 16.5. The number of hydrogen-bond acceptors (Lipinski definition) is 9. The van der Waals surface area contributed by atoms with Gasteiger partial charge in [0, 0.05) is 37.9 Å². The van der Waals surface area contributed by atoms with E-state index in [0.29, 0.717) is 40.4 Å². The Hall–Kier alpha value is -4.55. The lowest BCUT2D eigenvalue weighted by molar-refractivity contribution is 0.284. The van der Waals surface area contributed by atoms with Crippen LogP contribution in [0, 0.1) is 11.3 Å². The van der Waals surface area contributed by atoms with Crippen LogP contribution in [0.2, 0.25) is 0 Å². The van der Waals surface area contributed by atoms with Crippen molar-refractivity contribution in [1.82, 2.24) is 14.9 Å². The quantitative estimate of drug-likeness (QED) is 0.365. The number of nitrogens with zero attached hydrogens (tertiary/aromatic N) is 5. The van der Waals surface area contributed by atoms with Crippen LogP contribution in [0.3, 0.4) is 0 Å². The minimum absolute atomic E-state index is 0.394. The second kappa shape index (κ2) is 11.2. The van der Waals surface area contributed by atoms with Gasteiger partial charge in [-0.1, -0.05) is 12.1 Å². The van der Waals surface area contributed by atoms with E-state index in [2.05, 4.69) is 33.2 Å². The van der Waals surface area contributed by atoms with Crippen molar-refractivity contribution in [2.45, 2.75) is 6.61 Å². The standard InChI is InChI=1S/C29H30N6O3/c1-34-12-14-35(15-13-34)28-18-31-25-10-9-24(23(17-30)29(25)33-28)32-21-6-11-26(27(16-21)37-3)38-19-20-4-7-22(36-2)8-5-20/h4-11,16,18,32H,12-15,19H2,1-3H3. The fourth-order valence-electron chi connectivity index (χ4n) is 4.38. The first kappa shape index (κ1) is 25.1. The molecule has 5 rings (SSSR count). The number of hydrogen-bond donors (Lipinski definition) is 1. The average Bonchev–Trinajstić information content (AvgIpc) is 2.96. The summed E-state index contributed by atoms with van der Waals surface area (Å²) in [5, 5.41) is 13.4. The number of nitriles is 1. The molecule has 1 fully saturated rings. The van der Waals surface area contributed by atoms with Crippen LogP contribution < -0.4 is 24.4 Å². The SMILES string of the molecule is COc1ccc(COc2ccc(Nc3ccc4ncc(N5CCN(C)CC5)nc4c3C#N)cc2OC)cc1. The Morgan fingerprint density at radius 3 is 2.45 bits per heavy atom. The number of likely N-dealkylation sites (N-methyl/N-ethyl adjacent to an activating group) is 1. The van der Waals surface area contributed by atoms with Crippen molar-refractivity contribution in [1.29, 1.82) is 5.26 Å². The molecular formula is C29H30N6O3. The number of nitrogens with one attached hydrogen (secondary N) is 1. The molecule has 1 N–H and O–H groups in total. The van der Waals surface area contributed by atoms with Gasteiger partial charge in [0.25, 0.3) is 0 Å². The summed E-state index contributed by atoms with van der Waals surface area (Å²) in [6, 6.07) is 19.4. The van der Waals surface area contributed by atoms with E-state index in [1.807, 2.05) is 54.6 Å². The summed E-state index contributed by atoms with van der Waals surface area (Å²) in [7, 11) is 5.36. The number of anilines is 3. The third-order valence-electron chi connectivity index (χ3n) is 6.64. The molecule has 2 heterocycles. The average molecular weight is 511 g/mol. The summed E-state index contributed by atoms with van der Waals surface area (Å²) in [5.41, 5.74) is 4.15. The van der Waals surface area contributed by atoms with Gasteiger partial charge in [-0.25, -0.2) is 4.98 Å². The van der Waals surface area contributed by atoms with Crippen LogP contribution in [0.1, 0.15) is 11.1 Å². The molecule has 0 aliphatic carbocycles. The Morgan fingerprint density at radius 1 is 0.947 bits per heavy atom. The van der Waals surface area contributed by atoms with Crippen molar-refractivity contribution >= 4 is 28.2 Å². The maximum atomic E-state index is 10.1. The molecule has 194 valence electrons. The Kier molecular flexibility index (Phi) is 7.43. The number of piperazine rings is 1. The topological polar surface area (TPSA) is 95.8 Å². The normalized spacial score (nSPS) is 13.7. The maximum absolute atomic E-state index is 10.1. The van der Waals surface area contributed by atoms with Crippen molar-refractivity contribution in [3.05, 3.63) is 71.9 Å². The Labute approximate surface area is 222 Å². The van der Waals surface area contributed by atoms with E-state index in [0.717, 1.165) is 49.0 Å². The number of benzene rings is 3. The van der Waals surface area contributed by atoms with Gasteiger partial charge in [0.15, 0.2) is 11.5 Å². The third-order valence-corrected chi connectivity index (χ3v) is 6.64. The van der Waals surface area contributed by atoms with E-state index in [1.54, 1.807) is 20.4 Å². The first-order valence-corrected chi connectivity index (χ1v) is 12.4. The van der Waals surface area contributed by atoms with E-state index in [-0.39, 0.29) is 0 Å². The number of ether oxygens (including phenoxy) is 3. The summed E-state index contributed by atoms with van der Waals surface area (Å²) in [6.45, 7) is 4.08. The lowest BCUT2D eigenvalue weighted by Gasteiger charge is -2.33. The highest BCUT2D eigenvalue weighted by Crippen LogP contribution is 2.34. The van der Waals surface area contributed by atoms with Crippen LogP contribution in [0.4, 0.5) is 17.2 Å². The molecule has 9 heteroatoms. The first-order chi connectivity index (χ1) is 18.6.